The lowest BCUT2D eigenvalue weighted by molar-refractivity contribution is -0.132. The summed E-state index contributed by atoms with van der Waals surface area (Å²) in [5.74, 6) is 0.910. The fourth-order valence-electron chi connectivity index (χ4n) is 2.88. The van der Waals surface area contributed by atoms with Crippen LogP contribution in [0.25, 0.3) is 0 Å². The largest absolute Gasteiger partial charge is 0.352 e. The number of anilines is 1. The van der Waals surface area contributed by atoms with Crippen LogP contribution in [0.4, 0.5) is 5.95 Å². The minimum absolute atomic E-state index is 0.0499. The third-order valence-corrected chi connectivity index (χ3v) is 4.53. The highest BCUT2D eigenvalue weighted by atomic mass is 16.2. The molecule has 0 atom stereocenters. The Morgan fingerprint density at radius 2 is 1.88 bits per heavy atom. The third-order valence-electron chi connectivity index (χ3n) is 4.53. The zero-order chi connectivity index (χ0) is 17.6. The van der Waals surface area contributed by atoms with Crippen LogP contribution in [0.5, 0.6) is 0 Å². The van der Waals surface area contributed by atoms with Crippen molar-refractivity contribution in [3.63, 3.8) is 0 Å². The maximum Gasteiger partial charge on any atom is 0.234 e. The molecule has 0 unspecified atom stereocenters. The molecule has 8 heteroatoms. The molecule has 1 aromatic rings. The average Bonchev–Trinajstić information content (AvgIpc) is 3.44. The number of carbonyl (C=O) groups is 2. The Morgan fingerprint density at radius 1 is 1.20 bits per heavy atom. The van der Waals surface area contributed by atoms with Gasteiger partial charge >= 0.3 is 0 Å². The Hall–Kier alpha value is -2.22. The first kappa shape index (κ1) is 17.6. The lowest BCUT2D eigenvalue weighted by Gasteiger charge is -2.35. The number of likely N-dealkylation sites (N-methyl/N-ethyl adjacent to an activating group) is 1. The van der Waals surface area contributed by atoms with Crippen molar-refractivity contribution < 1.29 is 9.59 Å². The van der Waals surface area contributed by atoms with Gasteiger partial charge in [0.25, 0.3) is 0 Å². The molecule has 0 aromatic carbocycles. The van der Waals surface area contributed by atoms with Crippen molar-refractivity contribution in [1.82, 2.24) is 25.1 Å². The second-order valence-electron chi connectivity index (χ2n) is 6.75. The molecule has 25 heavy (non-hydrogen) atoms. The van der Waals surface area contributed by atoms with E-state index in [1.54, 1.807) is 18.5 Å². The number of carbonyl (C=O) groups excluding carboxylic acids is 2. The van der Waals surface area contributed by atoms with Crippen LogP contribution in [-0.4, -0.2) is 83.9 Å². The Balaban J connectivity index is 1.35. The maximum atomic E-state index is 12.4. The number of aromatic nitrogens is 2. The first-order valence-electron chi connectivity index (χ1n) is 8.89. The van der Waals surface area contributed by atoms with Crippen LogP contribution in [-0.2, 0) is 9.59 Å². The van der Waals surface area contributed by atoms with Gasteiger partial charge in [-0.2, -0.15) is 0 Å². The topological polar surface area (TPSA) is 81.7 Å². The number of nitrogens with zero attached hydrogens (tertiary/aromatic N) is 5. The van der Waals surface area contributed by atoms with Crippen LogP contribution in [0.1, 0.15) is 19.3 Å². The minimum atomic E-state index is 0.0499. The number of rotatable bonds is 7. The van der Waals surface area contributed by atoms with Crippen LogP contribution in [0, 0.1) is 0 Å². The van der Waals surface area contributed by atoms with Gasteiger partial charge < -0.3 is 15.1 Å². The van der Waals surface area contributed by atoms with Crippen molar-refractivity contribution in [3.8, 4) is 0 Å². The smallest absolute Gasteiger partial charge is 0.234 e. The van der Waals surface area contributed by atoms with Gasteiger partial charge in [0.15, 0.2) is 0 Å². The summed E-state index contributed by atoms with van der Waals surface area (Å²) in [6.45, 7) is 3.80. The molecule has 0 spiro atoms. The molecular weight excluding hydrogens is 320 g/mol. The number of piperazine rings is 1. The molecule has 1 saturated heterocycles. The van der Waals surface area contributed by atoms with Crippen LogP contribution < -0.4 is 10.2 Å². The van der Waals surface area contributed by atoms with Crippen molar-refractivity contribution in [2.45, 2.75) is 25.3 Å². The Kier molecular flexibility index (Phi) is 5.80. The summed E-state index contributed by atoms with van der Waals surface area (Å²) in [4.78, 5) is 38.5. The van der Waals surface area contributed by atoms with E-state index in [9.17, 15) is 9.59 Å². The number of hydrogen-bond acceptors (Lipinski definition) is 6. The van der Waals surface area contributed by atoms with E-state index in [1.807, 2.05) is 16.8 Å². The summed E-state index contributed by atoms with van der Waals surface area (Å²) in [6.07, 6.45) is 6.08. The van der Waals surface area contributed by atoms with E-state index in [4.69, 9.17) is 0 Å². The molecule has 1 aliphatic carbocycles. The molecule has 2 aliphatic rings. The normalized spacial score (nSPS) is 17.7. The van der Waals surface area contributed by atoms with Crippen LogP contribution in [0.3, 0.4) is 0 Å². The first-order chi connectivity index (χ1) is 12.1. The second kappa shape index (κ2) is 8.24. The molecule has 2 amide bonds. The summed E-state index contributed by atoms with van der Waals surface area (Å²) in [5, 5.41) is 2.96. The molecular formula is C17H26N6O2. The lowest BCUT2D eigenvalue weighted by Crippen LogP contribution is -2.49. The van der Waals surface area contributed by atoms with E-state index < -0.39 is 0 Å². The van der Waals surface area contributed by atoms with E-state index >= 15 is 0 Å². The second-order valence-corrected chi connectivity index (χ2v) is 6.75. The third kappa shape index (κ3) is 5.38. The summed E-state index contributed by atoms with van der Waals surface area (Å²) < 4.78 is 0. The fraction of sp³-hybridized carbons (Fsp3) is 0.647. The van der Waals surface area contributed by atoms with E-state index in [0.29, 0.717) is 38.6 Å². The molecule has 3 rings (SSSR count). The van der Waals surface area contributed by atoms with Gasteiger partial charge in [-0.15, -0.1) is 0 Å². The zero-order valence-electron chi connectivity index (χ0n) is 14.7. The van der Waals surface area contributed by atoms with Crippen molar-refractivity contribution in [2.24, 2.45) is 0 Å². The standard InChI is InChI=1S/C17H26N6O2/c1-21(13-15(24)20-14-3-4-14)8-5-16(25)22-9-11-23(12-10-22)17-18-6-2-7-19-17/h2,6-7,14H,3-5,8-13H2,1H3,(H,20,24). The predicted molar refractivity (Wildman–Crippen MR) is 94.1 cm³/mol. The van der Waals surface area contributed by atoms with Crippen molar-refractivity contribution in [1.29, 1.82) is 0 Å². The molecule has 1 saturated carbocycles. The van der Waals surface area contributed by atoms with Gasteiger partial charge in [-0.1, -0.05) is 0 Å². The number of amides is 2. The van der Waals surface area contributed by atoms with Crippen molar-refractivity contribution in [2.75, 3.05) is 51.2 Å². The quantitative estimate of drug-likeness (QED) is 0.732. The van der Waals surface area contributed by atoms with E-state index in [1.165, 1.54) is 0 Å². The van der Waals surface area contributed by atoms with Gasteiger partial charge in [-0.25, -0.2) is 9.97 Å². The SMILES string of the molecule is CN(CCC(=O)N1CCN(c2ncccn2)CC1)CC(=O)NC1CC1. The van der Waals surface area contributed by atoms with E-state index in [-0.39, 0.29) is 11.8 Å². The molecule has 2 heterocycles. The molecule has 1 N–H and O–H groups in total. The van der Waals surface area contributed by atoms with Gasteiger partial charge in [-0.05, 0) is 26.0 Å². The van der Waals surface area contributed by atoms with Crippen molar-refractivity contribution in [3.05, 3.63) is 18.5 Å². The molecule has 0 bridgehead atoms. The summed E-state index contributed by atoms with van der Waals surface area (Å²) in [7, 11) is 1.88. The highest BCUT2D eigenvalue weighted by Gasteiger charge is 2.24. The van der Waals surface area contributed by atoms with Crippen molar-refractivity contribution >= 4 is 17.8 Å². The molecule has 1 aromatic heterocycles. The van der Waals surface area contributed by atoms with Crippen LogP contribution in [0.2, 0.25) is 0 Å². The summed E-state index contributed by atoms with van der Waals surface area (Å²) >= 11 is 0. The highest BCUT2D eigenvalue weighted by molar-refractivity contribution is 5.79. The zero-order valence-corrected chi connectivity index (χ0v) is 14.7. The monoisotopic (exact) mass is 346 g/mol. The number of nitrogens with one attached hydrogen (secondary N) is 1. The maximum absolute atomic E-state index is 12.4. The van der Waals surface area contributed by atoms with Gasteiger partial charge in [0.2, 0.25) is 17.8 Å². The number of hydrogen-bond donors (Lipinski definition) is 1. The predicted octanol–water partition coefficient (Wildman–Crippen LogP) is -0.274. The Bertz CT molecular complexity index is 584. The lowest BCUT2D eigenvalue weighted by atomic mass is 10.2. The van der Waals surface area contributed by atoms with Gasteiger partial charge in [-0.3, -0.25) is 14.5 Å². The highest BCUT2D eigenvalue weighted by Crippen LogP contribution is 2.18. The Morgan fingerprint density at radius 3 is 2.52 bits per heavy atom. The first-order valence-corrected chi connectivity index (χ1v) is 8.89. The minimum Gasteiger partial charge on any atom is -0.352 e. The van der Waals surface area contributed by atoms with Gasteiger partial charge in [0.1, 0.15) is 0 Å². The van der Waals surface area contributed by atoms with Gasteiger partial charge in [0, 0.05) is 57.6 Å². The van der Waals surface area contributed by atoms with Crippen LogP contribution in [0.15, 0.2) is 18.5 Å². The molecule has 0 radical (unpaired) electrons. The molecule has 2 fully saturated rings. The fourth-order valence-corrected chi connectivity index (χ4v) is 2.88. The molecule has 8 nitrogen and oxygen atoms in total. The summed E-state index contributed by atoms with van der Waals surface area (Å²) in [6, 6.07) is 2.18. The molecule has 136 valence electrons. The average molecular weight is 346 g/mol. The van der Waals surface area contributed by atoms with Gasteiger partial charge in [0.05, 0.1) is 6.54 Å². The van der Waals surface area contributed by atoms with Crippen LogP contribution >= 0.6 is 0 Å². The van der Waals surface area contributed by atoms with E-state index in [2.05, 4.69) is 20.2 Å². The van der Waals surface area contributed by atoms with E-state index in [0.717, 1.165) is 31.9 Å². The summed E-state index contributed by atoms with van der Waals surface area (Å²) in [5.41, 5.74) is 0. The Labute approximate surface area is 148 Å². The molecule has 1 aliphatic heterocycles.